The summed E-state index contributed by atoms with van der Waals surface area (Å²) in [7, 11) is 1.38. The molecule has 172 valence electrons. The predicted octanol–water partition coefficient (Wildman–Crippen LogP) is 5.30. The molecule has 2 aromatic carbocycles. The minimum Gasteiger partial charge on any atom is -0.497 e. The van der Waals surface area contributed by atoms with Crippen molar-refractivity contribution < 1.29 is 45.7 Å². The van der Waals surface area contributed by atoms with E-state index in [9.17, 15) is 26.3 Å². The van der Waals surface area contributed by atoms with Gasteiger partial charge in [0.15, 0.2) is 0 Å². The van der Waals surface area contributed by atoms with Gasteiger partial charge < -0.3 is 19.3 Å². The normalized spacial score (nSPS) is 12.7. The standard InChI is InChI=1S/C21H22F6O4/c1-14-12-16(6-9-18(14)30-11-3-10-28)19(20(22,23)24,21(25,26)27)31-13-15-4-7-17(29-2)8-5-15/h4-9,12,28H,3,10-11,13H2,1-2H3. The molecule has 0 aliphatic carbocycles. The number of methoxy groups -OCH3 is 1. The van der Waals surface area contributed by atoms with Gasteiger partial charge in [0, 0.05) is 18.6 Å². The molecule has 0 radical (unpaired) electrons. The van der Waals surface area contributed by atoms with Gasteiger partial charge in [0.25, 0.3) is 5.60 Å². The van der Waals surface area contributed by atoms with Crippen LogP contribution in [0.3, 0.4) is 0 Å². The molecule has 4 nitrogen and oxygen atoms in total. The third kappa shape index (κ3) is 5.43. The molecule has 0 saturated heterocycles. The summed E-state index contributed by atoms with van der Waals surface area (Å²) in [4.78, 5) is 0. The highest BCUT2D eigenvalue weighted by molar-refractivity contribution is 5.40. The fourth-order valence-corrected chi connectivity index (χ4v) is 2.93. The average Bonchev–Trinajstić information content (AvgIpc) is 2.68. The van der Waals surface area contributed by atoms with Gasteiger partial charge >= 0.3 is 12.4 Å². The van der Waals surface area contributed by atoms with Crippen LogP contribution in [0, 0.1) is 6.92 Å². The van der Waals surface area contributed by atoms with Crippen molar-refractivity contribution in [2.24, 2.45) is 0 Å². The Labute approximate surface area is 175 Å². The minimum absolute atomic E-state index is 0.0638. The molecular formula is C21H22F6O4. The quantitative estimate of drug-likeness (QED) is 0.414. The van der Waals surface area contributed by atoms with E-state index in [2.05, 4.69) is 4.74 Å². The number of alkyl halides is 6. The Balaban J connectivity index is 2.45. The Bertz CT molecular complexity index is 832. The molecule has 10 heteroatoms. The lowest BCUT2D eigenvalue weighted by atomic mass is 9.90. The molecule has 0 aliphatic heterocycles. The van der Waals surface area contributed by atoms with Gasteiger partial charge in [-0.1, -0.05) is 18.2 Å². The van der Waals surface area contributed by atoms with Gasteiger partial charge in [0.1, 0.15) is 11.5 Å². The molecule has 0 aromatic heterocycles. The van der Waals surface area contributed by atoms with Crippen molar-refractivity contribution in [3.63, 3.8) is 0 Å². The zero-order valence-corrected chi connectivity index (χ0v) is 16.8. The van der Waals surface area contributed by atoms with Gasteiger partial charge in [-0.15, -0.1) is 0 Å². The molecule has 0 unspecified atom stereocenters. The summed E-state index contributed by atoms with van der Waals surface area (Å²) in [6, 6.07) is 7.93. The first-order valence-electron chi connectivity index (χ1n) is 9.21. The Hall–Kier alpha value is -2.46. The van der Waals surface area contributed by atoms with Crippen LogP contribution in [0.5, 0.6) is 11.5 Å². The first-order valence-corrected chi connectivity index (χ1v) is 9.21. The average molecular weight is 452 g/mol. The van der Waals surface area contributed by atoms with E-state index in [4.69, 9.17) is 14.6 Å². The second kappa shape index (κ2) is 9.78. The third-order valence-corrected chi connectivity index (χ3v) is 4.55. The van der Waals surface area contributed by atoms with Crippen molar-refractivity contribution in [3.05, 3.63) is 59.2 Å². The van der Waals surface area contributed by atoms with Crippen molar-refractivity contribution in [2.45, 2.75) is 37.9 Å². The summed E-state index contributed by atoms with van der Waals surface area (Å²) < 4.78 is 98.5. The lowest BCUT2D eigenvalue weighted by Crippen LogP contribution is -2.55. The van der Waals surface area contributed by atoms with Crippen molar-refractivity contribution in [1.82, 2.24) is 0 Å². The third-order valence-electron chi connectivity index (χ3n) is 4.55. The first kappa shape index (κ1) is 24.8. The number of aryl methyl sites for hydroxylation is 1. The number of aliphatic hydroxyl groups excluding tert-OH is 1. The van der Waals surface area contributed by atoms with Crippen LogP contribution in [0.25, 0.3) is 0 Å². The zero-order valence-electron chi connectivity index (χ0n) is 16.8. The Morgan fingerprint density at radius 2 is 1.52 bits per heavy atom. The number of halogens is 6. The van der Waals surface area contributed by atoms with Crippen LogP contribution in [0.2, 0.25) is 0 Å². The first-order chi connectivity index (χ1) is 14.5. The van der Waals surface area contributed by atoms with Crippen LogP contribution in [-0.2, 0) is 16.9 Å². The molecule has 2 rings (SSSR count). The minimum atomic E-state index is -5.79. The Morgan fingerprint density at radius 1 is 0.903 bits per heavy atom. The predicted molar refractivity (Wildman–Crippen MR) is 99.9 cm³/mol. The van der Waals surface area contributed by atoms with Crippen molar-refractivity contribution in [1.29, 1.82) is 0 Å². The summed E-state index contributed by atoms with van der Waals surface area (Å²) >= 11 is 0. The maximum absolute atomic E-state index is 13.9. The fraction of sp³-hybridized carbons (Fsp3) is 0.429. The highest BCUT2D eigenvalue weighted by Gasteiger charge is 2.73. The van der Waals surface area contributed by atoms with Gasteiger partial charge in [-0.05, 0) is 42.3 Å². The summed E-state index contributed by atoms with van der Waals surface area (Å²) in [6.07, 6.45) is -11.3. The molecule has 31 heavy (non-hydrogen) atoms. The lowest BCUT2D eigenvalue weighted by Gasteiger charge is -2.37. The zero-order chi connectivity index (χ0) is 23.3. The molecule has 0 saturated carbocycles. The van der Waals surface area contributed by atoms with Crippen LogP contribution in [0.4, 0.5) is 26.3 Å². The Kier molecular flexibility index (Phi) is 7.82. The summed E-state index contributed by atoms with van der Waals surface area (Å²) in [5.74, 6) is 0.514. The maximum Gasteiger partial charge on any atom is 0.430 e. The summed E-state index contributed by atoms with van der Waals surface area (Å²) in [6.45, 7) is 0.297. The van der Waals surface area contributed by atoms with Gasteiger partial charge in [-0.25, -0.2) is 0 Å². The molecular weight excluding hydrogens is 430 g/mol. The van der Waals surface area contributed by atoms with Gasteiger partial charge in [-0.2, -0.15) is 26.3 Å². The Morgan fingerprint density at radius 3 is 2.00 bits per heavy atom. The molecule has 0 heterocycles. The van der Waals surface area contributed by atoms with E-state index < -0.39 is 30.1 Å². The van der Waals surface area contributed by atoms with Gasteiger partial charge in [-0.3, -0.25) is 0 Å². The molecule has 0 spiro atoms. The lowest BCUT2D eigenvalue weighted by molar-refractivity contribution is -0.392. The van der Waals surface area contributed by atoms with Crippen LogP contribution >= 0.6 is 0 Å². The van der Waals surface area contributed by atoms with Crippen molar-refractivity contribution >= 4 is 0 Å². The highest BCUT2D eigenvalue weighted by Crippen LogP contribution is 2.53. The fourth-order valence-electron chi connectivity index (χ4n) is 2.93. The molecule has 0 aliphatic rings. The van der Waals surface area contributed by atoms with Crippen LogP contribution < -0.4 is 9.47 Å². The number of ether oxygens (including phenoxy) is 3. The second-order valence-corrected chi connectivity index (χ2v) is 6.72. The van der Waals surface area contributed by atoms with Crippen LogP contribution in [0.15, 0.2) is 42.5 Å². The largest absolute Gasteiger partial charge is 0.497 e. The van der Waals surface area contributed by atoms with E-state index in [1.54, 1.807) is 0 Å². The van der Waals surface area contributed by atoms with Gasteiger partial charge in [0.2, 0.25) is 0 Å². The number of aliphatic hydroxyl groups is 1. The van der Waals surface area contributed by atoms with E-state index >= 15 is 0 Å². The molecule has 0 fully saturated rings. The van der Waals surface area contributed by atoms with E-state index in [0.29, 0.717) is 11.8 Å². The number of hydrogen-bond donors (Lipinski definition) is 1. The number of benzene rings is 2. The van der Waals surface area contributed by atoms with E-state index in [0.717, 1.165) is 12.1 Å². The number of hydrogen-bond acceptors (Lipinski definition) is 4. The maximum atomic E-state index is 13.9. The van der Waals surface area contributed by atoms with Gasteiger partial charge in [0.05, 0.1) is 20.3 Å². The van der Waals surface area contributed by atoms with Crippen LogP contribution in [0.1, 0.15) is 23.1 Å². The molecule has 0 bridgehead atoms. The SMILES string of the molecule is COc1ccc(COC(c2ccc(OCCCO)c(C)c2)(C(F)(F)F)C(F)(F)F)cc1. The topological polar surface area (TPSA) is 47.9 Å². The molecule has 2 aromatic rings. The summed E-state index contributed by atoms with van der Waals surface area (Å²) in [5.41, 5.74) is -5.46. The second-order valence-electron chi connectivity index (χ2n) is 6.72. The van der Waals surface area contributed by atoms with Crippen LogP contribution in [-0.4, -0.2) is 37.8 Å². The monoisotopic (exact) mass is 452 g/mol. The van der Waals surface area contributed by atoms with Crippen molar-refractivity contribution in [3.8, 4) is 11.5 Å². The highest BCUT2D eigenvalue weighted by atomic mass is 19.4. The van der Waals surface area contributed by atoms with E-state index in [1.165, 1.54) is 38.3 Å². The van der Waals surface area contributed by atoms with E-state index in [-0.39, 0.29) is 36.5 Å². The molecule has 1 N–H and O–H groups in total. The summed E-state index contributed by atoms with van der Waals surface area (Å²) in [5, 5.41) is 8.77. The molecule has 0 amide bonds. The van der Waals surface area contributed by atoms with Crippen molar-refractivity contribution in [2.75, 3.05) is 20.3 Å². The molecule has 0 atom stereocenters. The van der Waals surface area contributed by atoms with E-state index in [1.807, 2.05) is 0 Å². The smallest absolute Gasteiger partial charge is 0.430 e. The number of rotatable bonds is 9.